The second kappa shape index (κ2) is 5.42. The number of aryl methyl sites for hydroxylation is 1. The first-order chi connectivity index (χ1) is 11.5. The predicted octanol–water partition coefficient (Wildman–Crippen LogP) is 2.58. The minimum atomic E-state index is -3.69. The summed E-state index contributed by atoms with van der Waals surface area (Å²) in [6.45, 7) is 0. The fourth-order valence-corrected chi connectivity index (χ4v) is 5.57. The van der Waals surface area contributed by atoms with Crippen LogP contribution >= 0.6 is 11.3 Å². The van der Waals surface area contributed by atoms with Gasteiger partial charge in [0.2, 0.25) is 0 Å². The molecule has 0 amide bonds. The molecule has 124 valence electrons. The van der Waals surface area contributed by atoms with Crippen LogP contribution in [0.15, 0.2) is 33.6 Å². The lowest BCUT2D eigenvalue weighted by Crippen LogP contribution is -2.14. The molecule has 0 unspecified atom stereocenters. The maximum atomic E-state index is 12.2. The molecular formula is C16H14N2O4S2. The number of carbonyl (C=O) groups is 1. The number of esters is 1. The second-order valence-electron chi connectivity index (χ2n) is 5.59. The van der Waals surface area contributed by atoms with Crippen LogP contribution in [0.2, 0.25) is 0 Å². The summed E-state index contributed by atoms with van der Waals surface area (Å²) < 4.78 is 33.0. The third kappa shape index (κ3) is 2.25. The van der Waals surface area contributed by atoms with Gasteiger partial charge >= 0.3 is 5.97 Å². The quantitative estimate of drug-likeness (QED) is 0.830. The molecule has 1 N–H and O–H groups in total. The Hall–Kier alpha value is -2.19. The van der Waals surface area contributed by atoms with Gasteiger partial charge < -0.3 is 10.1 Å². The highest BCUT2D eigenvalue weighted by Gasteiger charge is 2.32. The summed E-state index contributed by atoms with van der Waals surface area (Å²) >= 11 is 1.47. The van der Waals surface area contributed by atoms with Crippen LogP contribution in [0.4, 0.5) is 5.00 Å². The molecule has 0 saturated heterocycles. The largest absolute Gasteiger partial charge is 0.465 e. The number of thiophene rings is 1. The Morgan fingerprint density at radius 3 is 2.88 bits per heavy atom. The Bertz CT molecular complexity index is 990. The zero-order chi connectivity index (χ0) is 16.9. The van der Waals surface area contributed by atoms with Crippen molar-refractivity contribution in [3.63, 3.8) is 0 Å². The monoisotopic (exact) mass is 362 g/mol. The SMILES string of the molecule is COC(=O)c1c(NC2=NS(=O)(=O)c3ccccc32)sc2c1CCC2. The molecule has 1 aliphatic carbocycles. The van der Waals surface area contributed by atoms with Gasteiger partial charge in [-0.1, -0.05) is 12.1 Å². The number of hydrogen-bond donors (Lipinski definition) is 1. The standard InChI is InChI=1S/C16H14N2O4S2/c1-22-16(19)13-9-6-4-7-11(9)23-15(13)17-14-10-5-2-3-8-12(10)24(20,21)18-14/h2-3,5,8H,4,6-7H2,1H3,(H,17,18). The fraction of sp³-hybridized carbons (Fsp3) is 0.250. The summed E-state index contributed by atoms with van der Waals surface area (Å²) in [6, 6.07) is 6.64. The minimum absolute atomic E-state index is 0.177. The van der Waals surface area contributed by atoms with E-state index in [2.05, 4.69) is 9.71 Å². The summed E-state index contributed by atoms with van der Waals surface area (Å²) in [5.41, 5.74) is 2.02. The number of amidine groups is 1. The molecule has 0 atom stereocenters. The lowest BCUT2D eigenvalue weighted by atomic mass is 10.1. The number of anilines is 1. The molecule has 0 spiro atoms. The van der Waals surface area contributed by atoms with Crippen LogP contribution in [0.25, 0.3) is 0 Å². The summed E-state index contributed by atoms with van der Waals surface area (Å²) in [4.78, 5) is 13.5. The topological polar surface area (TPSA) is 84.8 Å². The molecule has 6 nitrogen and oxygen atoms in total. The number of hydrogen-bond acceptors (Lipinski definition) is 6. The fourth-order valence-electron chi connectivity index (χ4n) is 3.11. The van der Waals surface area contributed by atoms with Crippen molar-refractivity contribution < 1.29 is 17.9 Å². The number of rotatable bonds is 2. The predicted molar refractivity (Wildman–Crippen MR) is 91.5 cm³/mol. The smallest absolute Gasteiger partial charge is 0.341 e. The van der Waals surface area contributed by atoms with E-state index >= 15 is 0 Å². The number of carbonyl (C=O) groups excluding carboxylic acids is 1. The average molecular weight is 362 g/mol. The highest BCUT2D eigenvalue weighted by Crippen LogP contribution is 2.40. The lowest BCUT2D eigenvalue weighted by Gasteiger charge is -2.08. The molecule has 1 aliphatic heterocycles. The molecule has 0 radical (unpaired) electrons. The summed E-state index contributed by atoms with van der Waals surface area (Å²) in [6.07, 6.45) is 2.77. The first-order valence-corrected chi connectivity index (χ1v) is 9.71. The van der Waals surface area contributed by atoms with Gasteiger partial charge in [-0.05, 0) is 37.0 Å². The Balaban J connectivity index is 1.79. The first-order valence-electron chi connectivity index (χ1n) is 7.45. The molecule has 0 saturated carbocycles. The van der Waals surface area contributed by atoms with Crippen LogP contribution in [0.3, 0.4) is 0 Å². The van der Waals surface area contributed by atoms with E-state index < -0.39 is 16.0 Å². The maximum Gasteiger partial charge on any atom is 0.341 e. The minimum Gasteiger partial charge on any atom is -0.465 e. The van der Waals surface area contributed by atoms with Crippen molar-refractivity contribution in [1.29, 1.82) is 0 Å². The van der Waals surface area contributed by atoms with Crippen molar-refractivity contribution >= 4 is 38.2 Å². The zero-order valence-electron chi connectivity index (χ0n) is 12.8. The van der Waals surface area contributed by atoms with E-state index in [9.17, 15) is 13.2 Å². The lowest BCUT2D eigenvalue weighted by molar-refractivity contribution is 0.0601. The van der Waals surface area contributed by atoms with E-state index in [1.165, 1.54) is 24.5 Å². The second-order valence-corrected chi connectivity index (χ2v) is 8.27. The van der Waals surface area contributed by atoms with E-state index in [4.69, 9.17) is 4.74 Å². The van der Waals surface area contributed by atoms with Crippen LogP contribution in [0.5, 0.6) is 0 Å². The van der Waals surface area contributed by atoms with Gasteiger partial charge in [0, 0.05) is 10.4 Å². The Morgan fingerprint density at radius 1 is 1.29 bits per heavy atom. The van der Waals surface area contributed by atoms with Crippen molar-refractivity contribution in [2.45, 2.75) is 24.2 Å². The van der Waals surface area contributed by atoms with Crippen LogP contribution < -0.4 is 5.32 Å². The molecule has 2 aromatic rings. The van der Waals surface area contributed by atoms with Gasteiger partial charge in [0.1, 0.15) is 9.90 Å². The van der Waals surface area contributed by atoms with Crippen molar-refractivity contribution in [3.05, 3.63) is 45.8 Å². The molecule has 0 fully saturated rings. The van der Waals surface area contributed by atoms with Gasteiger partial charge in [-0.2, -0.15) is 8.42 Å². The number of ether oxygens (including phenoxy) is 1. The van der Waals surface area contributed by atoms with E-state index in [1.807, 2.05) is 0 Å². The molecule has 0 bridgehead atoms. The molecule has 2 heterocycles. The zero-order valence-corrected chi connectivity index (χ0v) is 14.5. The summed E-state index contributed by atoms with van der Waals surface area (Å²) in [5.74, 6) is -0.165. The van der Waals surface area contributed by atoms with Crippen LogP contribution in [0.1, 0.15) is 32.8 Å². The number of methoxy groups -OCH3 is 1. The van der Waals surface area contributed by atoms with E-state index in [-0.39, 0.29) is 10.7 Å². The van der Waals surface area contributed by atoms with Crippen LogP contribution in [-0.4, -0.2) is 27.3 Å². The third-order valence-corrected chi connectivity index (χ3v) is 6.72. The van der Waals surface area contributed by atoms with Gasteiger partial charge in [0.05, 0.1) is 12.7 Å². The van der Waals surface area contributed by atoms with Crippen molar-refractivity contribution in [2.24, 2.45) is 4.40 Å². The van der Waals surface area contributed by atoms with E-state index in [1.54, 1.807) is 18.2 Å². The van der Waals surface area contributed by atoms with Crippen LogP contribution in [0, 0.1) is 0 Å². The number of nitrogens with zero attached hydrogens (tertiary/aromatic N) is 1. The van der Waals surface area contributed by atoms with Crippen molar-refractivity contribution in [2.75, 3.05) is 12.4 Å². The molecule has 24 heavy (non-hydrogen) atoms. The van der Waals surface area contributed by atoms with Crippen molar-refractivity contribution in [3.8, 4) is 0 Å². The molecule has 4 rings (SSSR count). The number of sulfonamides is 1. The Labute approximate surface area is 143 Å². The third-order valence-electron chi connectivity index (χ3n) is 4.17. The molecule has 1 aromatic heterocycles. The van der Waals surface area contributed by atoms with Crippen molar-refractivity contribution in [1.82, 2.24) is 0 Å². The highest BCUT2D eigenvalue weighted by molar-refractivity contribution is 7.90. The van der Waals surface area contributed by atoms with E-state index in [0.717, 1.165) is 29.7 Å². The highest BCUT2D eigenvalue weighted by atomic mass is 32.2. The Kier molecular flexibility index (Phi) is 3.47. The summed E-state index contributed by atoms with van der Waals surface area (Å²) in [7, 11) is -2.35. The van der Waals surface area contributed by atoms with E-state index in [0.29, 0.717) is 16.1 Å². The molecular weight excluding hydrogens is 348 g/mol. The average Bonchev–Trinajstić information content (AvgIpc) is 3.20. The van der Waals surface area contributed by atoms with Crippen LogP contribution in [-0.2, 0) is 27.6 Å². The summed E-state index contributed by atoms with van der Waals surface area (Å²) in [5, 5.41) is 3.65. The maximum absolute atomic E-state index is 12.2. The van der Waals surface area contributed by atoms with Gasteiger partial charge in [-0.15, -0.1) is 15.7 Å². The first kappa shape index (κ1) is 15.3. The molecule has 1 aromatic carbocycles. The molecule has 2 aliphatic rings. The van der Waals surface area contributed by atoms with Gasteiger partial charge in [-0.25, -0.2) is 4.79 Å². The normalized spacial score (nSPS) is 17.1. The van der Waals surface area contributed by atoms with Gasteiger partial charge in [-0.3, -0.25) is 0 Å². The number of benzene rings is 1. The van der Waals surface area contributed by atoms with Gasteiger partial charge in [0.15, 0.2) is 5.84 Å². The number of fused-ring (bicyclic) bond motifs is 2. The molecule has 8 heteroatoms. The van der Waals surface area contributed by atoms with Gasteiger partial charge in [0.25, 0.3) is 10.0 Å². The Morgan fingerprint density at radius 2 is 2.08 bits per heavy atom. The number of nitrogens with one attached hydrogen (secondary N) is 1.